The van der Waals surface area contributed by atoms with E-state index < -0.39 is 6.10 Å². The summed E-state index contributed by atoms with van der Waals surface area (Å²) in [7, 11) is 0. The molecule has 1 aliphatic carbocycles. The van der Waals surface area contributed by atoms with Crippen molar-refractivity contribution in [1.82, 2.24) is 0 Å². The number of hydrogen-bond donors (Lipinski definition) is 1. The molecule has 1 aromatic heterocycles. The lowest BCUT2D eigenvalue weighted by Crippen LogP contribution is -2.15. The Kier molecular flexibility index (Phi) is 2.41. The molecule has 3 heterocycles. The van der Waals surface area contributed by atoms with Crippen molar-refractivity contribution in [3.8, 4) is 0 Å². The minimum atomic E-state index is -0.438. The summed E-state index contributed by atoms with van der Waals surface area (Å²) in [5.41, 5.74) is 1.94. The third kappa shape index (κ3) is 1.66. The number of hydrogen-bond acceptors (Lipinski definition) is 5. The van der Waals surface area contributed by atoms with Crippen LogP contribution in [0.5, 0.6) is 0 Å². The second-order valence-corrected chi connectivity index (χ2v) is 5.91. The number of rotatable bonds is 1. The van der Waals surface area contributed by atoms with E-state index in [9.17, 15) is 9.90 Å². The molecule has 3 aliphatic rings. The number of ether oxygens (including phenoxy) is 2. The summed E-state index contributed by atoms with van der Waals surface area (Å²) in [6.07, 6.45) is 5.26. The fraction of sp³-hybridized carbons (Fsp3) is 0.533. The first-order valence-electron chi connectivity index (χ1n) is 6.90. The van der Waals surface area contributed by atoms with Crippen LogP contribution in [0.1, 0.15) is 42.8 Å². The van der Waals surface area contributed by atoms with Gasteiger partial charge in [0.1, 0.15) is 11.9 Å². The number of epoxide rings is 1. The maximum Gasteiger partial charge on any atom is 0.334 e. The van der Waals surface area contributed by atoms with Crippen molar-refractivity contribution in [3.05, 3.63) is 34.8 Å². The van der Waals surface area contributed by atoms with Gasteiger partial charge in [-0.05, 0) is 25.8 Å². The van der Waals surface area contributed by atoms with E-state index >= 15 is 0 Å². The van der Waals surface area contributed by atoms with Crippen LogP contribution in [0.15, 0.2) is 22.3 Å². The van der Waals surface area contributed by atoms with E-state index in [0.29, 0.717) is 24.0 Å². The Morgan fingerprint density at radius 1 is 1.50 bits per heavy atom. The van der Waals surface area contributed by atoms with Gasteiger partial charge in [0.05, 0.1) is 24.6 Å². The fourth-order valence-corrected chi connectivity index (χ4v) is 3.27. The smallest absolute Gasteiger partial charge is 0.334 e. The Balaban J connectivity index is 1.81. The molecule has 20 heavy (non-hydrogen) atoms. The van der Waals surface area contributed by atoms with E-state index in [4.69, 9.17) is 13.9 Å². The van der Waals surface area contributed by atoms with Gasteiger partial charge in [-0.1, -0.05) is 0 Å². The molecular formula is C15H16O5. The Morgan fingerprint density at radius 3 is 3.15 bits per heavy atom. The van der Waals surface area contributed by atoms with Crippen molar-refractivity contribution in [3.63, 3.8) is 0 Å². The summed E-state index contributed by atoms with van der Waals surface area (Å²) in [6, 6.07) is 0. The van der Waals surface area contributed by atoms with Crippen LogP contribution in [-0.2, 0) is 27.3 Å². The second-order valence-electron chi connectivity index (χ2n) is 5.91. The summed E-state index contributed by atoms with van der Waals surface area (Å²) in [5, 5.41) is 9.45. The number of carbonyl (C=O) groups is 1. The van der Waals surface area contributed by atoms with E-state index in [0.717, 1.165) is 17.7 Å². The fourth-order valence-electron chi connectivity index (χ4n) is 3.27. The van der Waals surface area contributed by atoms with Gasteiger partial charge < -0.3 is 19.0 Å². The first-order chi connectivity index (χ1) is 9.60. The van der Waals surface area contributed by atoms with E-state index in [-0.39, 0.29) is 24.3 Å². The standard InChI is InChI=1S/C15H16O5/c1-15-5-11-13(9(6-16)7-18-11)10-4-8(14(17)19-10)2-3-12(15)20-15/h4,7,10,12,16H,2-3,5-6H2,1H3/t10-,12+,15+/m1/s1. The van der Waals surface area contributed by atoms with Crippen LogP contribution in [0.4, 0.5) is 0 Å². The Morgan fingerprint density at radius 2 is 2.35 bits per heavy atom. The maximum atomic E-state index is 11.9. The van der Waals surface area contributed by atoms with E-state index in [2.05, 4.69) is 6.92 Å². The van der Waals surface area contributed by atoms with Crippen LogP contribution in [0.25, 0.3) is 0 Å². The molecule has 1 aromatic rings. The van der Waals surface area contributed by atoms with Crippen LogP contribution in [-0.4, -0.2) is 22.8 Å². The molecule has 0 amide bonds. The first-order valence-corrected chi connectivity index (χ1v) is 6.90. The van der Waals surface area contributed by atoms with Gasteiger partial charge >= 0.3 is 5.97 Å². The molecule has 0 unspecified atom stereocenters. The minimum Gasteiger partial charge on any atom is -0.468 e. The van der Waals surface area contributed by atoms with Gasteiger partial charge in [0.2, 0.25) is 0 Å². The van der Waals surface area contributed by atoms with Gasteiger partial charge in [0, 0.05) is 23.1 Å². The summed E-state index contributed by atoms with van der Waals surface area (Å²) in [6.45, 7) is 1.93. The average molecular weight is 276 g/mol. The molecule has 2 bridgehead atoms. The van der Waals surface area contributed by atoms with Crippen molar-refractivity contribution >= 4 is 5.97 Å². The predicted molar refractivity (Wildman–Crippen MR) is 67.8 cm³/mol. The summed E-state index contributed by atoms with van der Waals surface area (Å²) in [5.74, 6) is 0.478. The van der Waals surface area contributed by atoms with Gasteiger partial charge in [0.15, 0.2) is 0 Å². The average Bonchev–Trinajstić information content (AvgIpc) is 2.73. The Labute approximate surface area is 116 Å². The molecule has 1 saturated heterocycles. The normalized spacial score (nSPS) is 34.9. The monoisotopic (exact) mass is 276 g/mol. The molecule has 4 rings (SSSR count). The predicted octanol–water partition coefficient (Wildman–Crippen LogP) is 1.79. The third-order valence-electron chi connectivity index (χ3n) is 4.52. The van der Waals surface area contributed by atoms with Crippen LogP contribution in [0, 0.1) is 0 Å². The highest BCUT2D eigenvalue weighted by Crippen LogP contribution is 2.46. The SMILES string of the molecule is C[C@]12Cc3occ(CO)c3[C@H]3C=C(CC[C@@H]1O2)C(=O)O3. The number of furan rings is 1. The van der Waals surface area contributed by atoms with Crippen LogP contribution in [0.3, 0.4) is 0 Å². The maximum absolute atomic E-state index is 11.9. The molecule has 2 aliphatic heterocycles. The van der Waals surface area contributed by atoms with Gasteiger partial charge in [0.25, 0.3) is 0 Å². The molecule has 0 saturated carbocycles. The van der Waals surface area contributed by atoms with Crippen molar-refractivity contribution < 1.29 is 23.8 Å². The number of carbonyl (C=O) groups excluding carboxylic acids is 1. The lowest BCUT2D eigenvalue weighted by molar-refractivity contribution is -0.140. The Bertz CT molecular complexity index is 614. The van der Waals surface area contributed by atoms with Crippen LogP contribution >= 0.6 is 0 Å². The molecule has 5 nitrogen and oxygen atoms in total. The number of aliphatic hydroxyl groups is 1. The van der Waals surface area contributed by atoms with E-state index in [1.807, 2.05) is 6.08 Å². The molecule has 106 valence electrons. The number of fused-ring (bicyclic) bond motifs is 4. The lowest BCUT2D eigenvalue weighted by Gasteiger charge is -2.12. The summed E-state index contributed by atoms with van der Waals surface area (Å²) >= 11 is 0. The summed E-state index contributed by atoms with van der Waals surface area (Å²) < 4.78 is 16.8. The minimum absolute atomic E-state index is 0.128. The molecule has 3 atom stereocenters. The molecular weight excluding hydrogens is 260 g/mol. The zero-order valence-corrected chi connectivity index (χ0v) is 11.2. The van der Waals surface area contributed by atoms with Gasteiger partial charge in [-0.25, -0.2) is 4.79 Å². The van der Waals surface area contributed by atoms with Gasteiger partial charge in [-0.15, -0.1) is 0 Å². The molecule has 0 radical (unpaired) electrons. The number of aliphatic hydroxyl groups excluding tert-OH is 1. The van der Waals surface area contributed by atoms with Gasteiger partial charge in [-0.3, -0.25) is 0 Å². The largest absolute Gasteiger partial charge is 0.468 e. The highest BCUT2D eigenvalue weighted by molar-refractivity contribution is 5.91. The zero-order chi connectivity index (χ0) is 13.9. The van der Waals surface area contributed by atoms with Crippen LogP contribution in [0.2, 0.25) is 0 Å². The van der Waals surface area contributed by atoms with Crippen LogP contribution < -0.4 is 0 Å². The molecule has 0 spiro atoms. The zero-order valence-electron chi connectivity index (χ0n) is 11.2. The van der Waals surface area contributed by atoms with Crippen molar-refractivity contribution in [2.75, 3.05) is 0 Å². The van der Waals surface area contributed by atoms with Crippen molar-refractivity contribution in [1.29, 1.82) is 0 Å². The topological polar surface area (TPSA) is 72.2 Å². The van der Waals surface area contributed by atoms with Crippen molar-refractivity contribution in [2.24, 2.45) is 0 Å². The summed E-state index contributed by atoms with van der Waals surface area (Å²) in [4.78, 5) is 11.9. The van der Waals surface area contributed by atoms with Crippen molar-refractivity contribution in [2.45, 2.75) is 50.6 Å². The first kappa shape index (κ1) is 12.2. The highest BCUT2D eigenvalue weighted by atomic mass is 16.6. The quantitative estimate of drug-likeness (QED) is 0.625. The van der Waals surface area contributed by atoms with E-state index in [1.165, 1.54) is 0 Å². The highest BCUT2D eigenvalue weighted by Gasteiger charge is 2.53. The van der Waals surface area contributed by atoms with Gasteiger partial charge in [-0.2, -0.15) is 0 Å². The molecule has 1 N–H and O–H groups in total. The lowest BCUT2D eigenvalue weighted by atomic mass is 9.92. The molecule has 5 heteroatoms. The molecule has 0 aromatic carbocycles. The number of esters is 1. The molecule has 1 fully saturated rings. The Hall–Kier alpha value is -1.59. The second kappa shape index (κ2) is 3.96. The third-order valence-corrected chi connectivity index (χ3v) is 4.52. The van der Waals surface area contributed by atoms with E-state index in [1.54, 1.807) is 6.26 Å².